The number of sulfone groups is 1. The average Bonchev–Trinajstić information content (AvgIpc) is 3.17. The van der Waals surface area contributed by atoms with Gasteiger partial charge in [-0.15, -0.1) is 0 Å². The van der Waals surface area contributed by atoms with E-state index in [1.165, 1.54) is 0 Å². The number of hydrogen-bond acceptors (Lipinski definition) is 6. The van der Waals surface area contributed by atoms with Crippen LogP contribution in [0.1, 0.15) is 18.4 Å². The van der Waals surface area contributed by atoms with Crippen LogP contribution in [0.25, 0.3) is 10.2 Å². The molecule has 0 spiro atoms. The minimum absolute atomic E-state index is 0.0191. The molecule has 3 aromatic rings. The van der Waals surface area contributed by atoms with E-state index in [0.29, 0.717) is 37.6 Å². The molecule has 1 aliphatic heterocycles. The Labute approximate surface area is 191 Å². The summed E-state index contributed by atoms with van der Waals surface area (Å²) in [5.41, 5.74) is 1.71. The van der Waals surface area contributed by atoms with Crippen LogP contribution >= 0.6 is 22.9 Å². The van der Waals surface area contributed by atoms with Gasteiger partial charge in [0.2, 0.25) is 5.91 Å². The lowest BCUT2D eigenvalue weighted by Crippen LogP contribution is -2.48. The maximum Gasteiger partial charge on any atom is 0.222 e. The zero-order valence-corrected chi connectivity index (χ0v) is 19.4. The van der Waals surface area contributed by atoms with Gasteiger partial charge in [0.1, 0.15) is 0 Å². The Bertz CT molecular complexity index is 1160. The highest BCUT2D eigenvalue weighted by Crippen LogP contribution is 2.31. The van der Waals surface area contributed by atoms with E-state index in [1.54, 1.807) is 11.3 Å². The highest BCUT2D eigenvalue weighted by molar-refractivity contribution is 7.90. The monoisotopic (exact) mass is 477 g/mol. The number of nitrogens with zero attached hydrogens (tertiary/aromatic N) is 3. The first-order chi connectivity index (χ1) is 14.9. The number of benzene rings is 2. The molecule has 1 aromatic heterocycles. The van der Waals surface area contributed by atoms with Crippen molar-refractivity contribution in [3.63, 3.8) is 0 Å². The molecule has 4 rings (SSSR count). The topological polar surface area (TPSA) is 70.6 Å². The molecule has 0 aliphatic carbocycles. The molecule has 0 radical (unpaired) electrons. The molecular formula is C22H24ClN3O3S2. The van der Waals surface area contributed by atoms with Crippen molar-refractivity contribution in [3.8, 4) is 0 Å². The van der Waals surface area contributed by atoms with E-state index >= 15 is 0 Å². The maximum absolute atomic E-state index is 12.5. The second kappa shape index (κ2) is 9.54. The first-order valence-electron chi connectivity index (χ1n) is 10.2. The highest BCUT2D eigenvalue weighted by Gasteiger charge is 2.23. The predicted molar refractivity (Wildman–Crippen MR) is 127 cm³/mol. The number of aromatic nitrogens is 1. The van der Waals surface area contributed by atoms with Crippen molar-refractivity contribution in [1.29, 1.82) is 0 Å². The van der Waals surface area contributed by atoms with Gasteiger partial charge in [-0.05, 0) is 30.2 Å². The molecule has 2 heterocycles. The lowest BCUT2D eigenvalue weighted by molar-refractivity contribution is -0.131. The second-order valence-corrected chi connectivity index (χ2v) is 11.3. The molecule has 164 valence electrons. The lowest BCUT2D eigenvalue weighted by Gasteiger charge is -2.34. The van der Waals surface area contributed by atoms with Crippen molar-refractivity contribution in [3.05, 3.63) is 59.1 Å². The second-order valence-electron chi connectivity index (χ2n) is 7.66. The summed E-state index contributed by atoms with van der Waals surface area (Å²) >= 11 is 7.67. The molecule has 31 heavy (non-hydrogen) atoms. The number of anilines is 1. The Kier molecular flexibility index (Phi) is 6.79. The Morgan fingerprint density at radius 1 is 1.06 bits per heavy atom. The number of fused-ring (bicyclic) bond motifs is 1. The van der Waals surface area contributed by atoms with Gasteiger partial charge in [0.05, 0.1) is 21.7 Å². The van der Waals surface area contributed by atoms with E-state index in [2.05, 4.69) is 9.88 Å². The zero-order valence-electron chi connectivity index (χ0n) is 17.0. The van der Waals surface area contributed by atoms with Crippen LogP contribution in [0, 0.1) is 0 Å². The molecule has 6 nitrogen and oxygen atoms in total. The average molecular weight is 478 g/mol. The third-order valence-corrected chi connectivity index (χ3v) is 8.32. The molecule has 1 amide bonds. The molecule has 9 heteroatoms. The van der Waals surface area contributed by atoms with Crippen LogP contribution in [-0.4, -0.2) is 56.1 Å². The SMILES string of the molecule is O=C(CCCS(=O)(=O)Cc1ccccc1)N1CCN(c2nc3ccc(Cl)cc3s2)CC1. The van der Waals surface area contributed by atoms with Gasteiger partial charge in [0, 0.05) is 37.6 Å². The molecule has 2 aromatic carbocycles. The normalized spacial score (nSPS) is 14.9. The van der Waals surface area contributed by atoms with Crippen molar-refractivity contribution < 1.29 is 13.2 Å². The van der Waals surface area contributed by atoms with E-state index in [0.717, 1.165) is 20.9 Å². The largest absolute Gasteiger partial charge is 0.345 e. The standard InChI is InChI=1S/C22H24ClN3O3S2/c23-18-8-9-19-20(15-18)30-22(24-19)26-12-10-25(11-13-26)21(27)7-4-14-31(28,29)16-17-5-2-1-3-6-17/h1-3,5-6,8-9,15H,4,7,10-14,16H2. The van der Waals surface area contributed by atoms with Crippen LogP contribution in [0.3, 0.4) is 0 Å². The van der Waals surface area contributed by atoms with Crippen molar-refractivity contribution in [1.82, 2.24) is 9.88 Å². The van der Waals surface area contributed by atoms with Gasteiger partial charge in [-0.2, -0.15) is 0 Å². The number of carbonyl (C=O) groups is 1. The number of carbonyl (C=O) groups excluding carboxylic acids is 1. The molecule has 1 saturated heterocycles. The molecule has 0 N–H and O–H groups in total. The maximum atomic E-state index is 12.5. The van der Waals surface area contributed by atoms with Crippen molar-refractivity contribution in [2.45, 2.75) is 18.6 Å². The van der Waals surface area contributed by atoms with Gasteiger partial charge < -0.3 is 9.80 Å². The van der Waals surface area contributed by atoms with Gasteiger partial charge in [0.15, 0.2) is 15.0 Å². The van der Waals surface area contributed by atoms with E-state index < -0.39 is 9.84 Å². The Morgan fingerprint density at radius 3 is 2.55 bits per heavy atom. The molecular weight excluding hydrogens is 454 g/mol. The van der Waals surface area contributed by atoms with Crippen LogP contribution in [0.2, 0.25) is 5.02 Å². The Hall–Kier alpha value is -2.16. The van der Waals surface area contributed by atoms with Crippen molar-refractivity contribution in [2.24, 2.45) is 0 Å². The fraction of sp³-hybridized carbons (Fsp3) is 0.364. The van der Waals surface area contributed by atoms with Crippen LogP contribution < -0.4 is 4.90 Å². The van der Waals surface area contributed by atoms with Gasteiger partial charge >= 0.3 is 0 Å². The minimum Gasteiger partial charge on any atom is -0.345 e. The molecule has 0 unspecified atom stereocenters. The molecule has 0 saturated carbocycles. The molecule has 0 bridgehead atoms. The molecule has 1 aliphatic rings. The third kappa shape index (κ3) is 5.75. The van der Waals surface area contributed by atoms with E-state index in [4.69, 9.17) is 11.6 Å². The molecule has 1 fully saturated rings. The van der Waals surface area contributed by atoms with Crippen molar-refractivity contribution in [2.75, 3.05) is 36.8 Å². The Morgan fingerprint density at radius 2 is 1.81 bits per heavy atom. The highest BCUT2D eigenvalue weighted by atomic mass is 35.5. The molecule has 0 atom stereocenters. The smallest absolute Gasteiger partial charge is 0.222 e. The van der Waals surface area contributed by atoms with Crippen LogP contribution in [0.15, 0.2) is 48.5 Å². The number of rotatable bonds is 7. The van der Waals surface area contributed by atoms with Gasteiger partial charge in [-0.1, -0.05) is 53.3 Å². The Balaban J connectivity index is 1.24. The zero-order chi connectivity index (χ0) is 21.8. The number of halogens is 1. The number of piperazine rings is 1. The minimum atomic E-state index is -3.22. The summed E-state index contributed by atoms with van der Waals surface area (Å²) in [6.45, 7) is 2.66. The third-order valence-electron chi connectivity index (χ3n) is 5.32. The fourth-order valence-electron chi connectivity index (χ4n) is 3.67. The van der Waals surface area contributed by atoms with Gasteiger partial charge in [-0.25, -0.2) is 13.4 Å². The van der Waals surface area contributed by atoms with E-state index in [9.17, 15) is 13.2 Å². The number of hydrogen-bond donors (Lipinski definition) is 0. The van der Waals surface area contributed by atoms with E-state index in [1.807, 2.05) is 53.4 Å². The summed E-state index contributed by atoms with van der Waals surface area (Å²) in [7, 11) is -3.22. The van der Waals surface area contributed by atoms with Crippen molar-refractivity contribution >= 4 is 54.0 Å². The van der Waals surface area contributed by atoms with Gasteiger partial charge in [0.25, 0.3) is 0 Å². The number of amides is 1. The summed E-state index contributed by atoms with van der Waals surface area (Å²) in [4.78, 5) is 21.2. The van der Waals surface area contributed by atoms with Gasteiger partial charge in [-0.3, -0.25) is 4.79 Å². The first-order valence-corrected chi connectivity index (χ1v) is 13.2. The van der Waals surface area contributed by atoms with Crippen LogP contribution in [0.5, 0.6) is 0 Å². The summed E-state index contributed by atoms with van der Waals surface area (Å²) in [5.74, 6) is 0.0706. The summed E-state index contributed by atoms with van der Waals surface area (Å²) < 4.78 is 25.7. The van der Waals surface area contributed by atoms with E-state index in [-0.39, 0.29) is 23.8 Å². The van der Waals surface area contributed by atoms with Crippen LogP contribution in [-0.2, 0) is 20.4 Å². The lowest BCUT2D eigenvalue weighted by atomic mass is 10.2. The fourth-order valence-corrected chi connectivity index (χ4v) is 6.39. The number of thiazole rings is 1. The first kappa shape index (κ1) is 22.0. The summed E-state index contributed by atoms with van der Waals surface area (Å²) in [6.07, 6.45) is 0.612. The van der Waals surface area contributed by atoms with Crippen LogP contribution in [0.4, 0.5) is 5.13 Å². The predicted octanol–water partition coefficient (Wildman–Crippen LogP) is 3.99. The quantitative estimate of drug-likeness (QED) is 0.514. The summed E-state index contributed by atoms with van der Waals surface area (Å²) in [5, 5.41) is 1.64. The summed E-state index contributed by atoms with van der Waals surface area (Å²) in [6, 6.07) is 14.8.